The molecule has 0 radical (unpaired) electrons. The number of ether oxygens (including phenoxy) is 3. The van der Waals surface area contributed by atoms with Crippen LogP contribution in [0.4, 0.5) is 26.7 Å². The van der Waals surface area contributed by atoms with Crippen LogP contribution in [0.5, 0.6) is 0 Å². The minimum Gasteiger partial charge on any atom is -0.436 e. The molecule has 1 aromatic carbocycles. The van der Waals surface area contributed by atoms with Gasteiger partial charge in [-0.25, -0.2) is 4.79 Å². The van der Waals surface area contributed by atoms with Gasteiger partial charge in [0.05, 0.1) is 18.8 Å². The summed E-state index contributed by atoms with van der Waals surface area (Å²) < 4.78 is 90.2. The van der Waals surface area contributed by atoms with Crippen LogP contribution in [-0.2, 0) is 14.2 Å². The Kier molecular flexibility index (Phi) is 9.28. The third kappa shape index (κ3) is 6.06. The van der Waals surface area contributed by atoms with Crippen molar-refractivity contribution in [3.8, 4) is 11.8 Å². The largest absolute Gasteiger partial charge is 0.456 e. The molecule has 7 nitrogen and oxygen atoms in total. The number of carbonyl (C=O) groups is 1. The SMILES string of the molecule is C=CCNC(=O)OCC#Cc1ccc([C@H]2C[C@@]3(C)C(CC[C@@]3(O)C(F)(F)C(F)(F)F)C3CCC4(O)CC5(CCC4=C32)OCC(C)(C)CO5)cc1. The number of nitrogens with one attached hydrogen (secondary N) is 1. The molecule has 1 heterocycles. The van der Waals surface area contributed by atoms with Crippen molar-refractivity contribution >= 4 is 6.09 Å². The molecule has 1 saturated heterocycles. The summed E-state index contributed by atoms with van der Waals surface area (Å²) in [4.78, 5) is 11.6. The molecule has 50 heavy (non-hydrogen) atoms. The first kappa shape index (κ1) is 36.8. The number of hydrogen-bond acceptors (Lipinski definition) is 6. The number of benzene rings is 1. The highest BCUT2D eigenvalue weighted by molar-refractivity contribution is 5.67. The standard InChI is InChI=1S/C38H46F5NO6/c1-5-18-44-31(45)48-19-6-7-24-8-10-25(11-9-24)27-20-33(4)28(14-17-36(33,47)37(39,40)38(41,42)43)26-12-15-34(46)21-35(16-13-29(34)30(26)27)49-22-32(2,3)23-50-35/h5,8-11,26-28,46-47H,1,12-23H2,2-4H3,(H,44,45)/t26?,27-,28?,33+,34?,36+/m1/s1. The smallest absolute Gasteiger partial charge is 0.436 e. The molecule has 1 aromatic rings. The molecule has 3 unspecified atom stereocenters. The zero-order valence-corrected chi connectivity index (χ0v) is 28.7. The van der Waals surface area contributed by atoms with E-state index in [1.165, 1.54) is 13.0 Å². The van der Waals surface area contributed by atoms with E-state index >= 15 is 8.78 Å². The Morgan fingerprint density at radius 1 is 1.06 bits per heavy atom. The predicted octanol–water partition coefficient (Wildman–Crippen LogP) is 7.17. The van der Waals surface area contributed by atoms with E-state index in [2.05, 4.69) is 23.7 Å². The second-order valence-electron chi connectivity index (χ2n) is 15.9. The quantitative estimate of drug-likeness (QED) is 0.171. The van der Waals surface area contributed by atoms with Gasteiger partial charge in [0, 0.05) is 41.7 Å². The highest BCUT2D eigenvalue weighted by Crippen LogP contribution is 2.71. The number of carbonyl (C=O) groups excluding carboxylic acids is 1. The van der Waals surface area contributed by atoms with Crippen LogP contribution in [-0.4, -0.2) is 71.8 Å². The lowest BCUT2D eigenvalue weighted by Crippen LogP contribution is -2.65. The van der Waals surface area contributed by atoms with Gasteiger partial charge < -0.3 is 29.7 Å². The summed E-state index contributed by atoms with van der Waals surface area (Å²) in [7, 11) is 0. The van der Waals surface area contributed by atoms with Crippen LogP contribution in [0.1, 0.15) is 89.2 Å². The van der Waals surface area contributed by atoms with Crippen LogP contribution >= 0.6 is 0 Å². The minimum absolute atomic E-state index is 0.0126. The molecule has 3 saturated carbocycles. The van der Waals surface area contributed by atoms with Crippen molar-refractivity contribution in [2.24, 2.45) is 22.7 Å². The number of halogens is 5. The maximum Gasteiger partial charge on any atom is 0.456 e. The first-order chi connectivity index (χ1) is 23.3. The fourth-order valence-corrected chi connectivity index (χ4v) is 9.55. The second-order valence-corrected chi connectivity index (χ2v) is 15.9. The summed E-state index contributed by atoms with van der Waals surface area (Å²) in [5.41, 5.74) is -3.64. The Hall–Kier alpha value is -2.98. The molecule has 1 spiro atoms. The average molecular weight is 708 g/mol. The lowest BCUT2D eigenvalue weighted by Gasteiger charge is -2.59. The molecular formula is C38H46F5NO6. The maximum absolute atomic E-state index is 15.4. The summed E-state index contributed by atoms with van der Waals surface area (Å²) >= 11 is 0. The minimum atomic E-state index is -5.93. The van der Waals surface area contributed by atoms with E-state index < -0.39 is 64.8 Å². The van der Waals surface area contributed by atoms with Crippen LogP contribution in [0.2, 0.25) is 0 Å². The van der Waals surface area contributed by atoms with E-state index in [9.17, 15) is 28.2 Å². The lowest BCUT2D eigenvalue weighted by molar-refractivity contribution is -0.362. The molecule has 3 N–H and O–H groups in total. The average Bonchev–Trinajstić information content (AvgIpc) is 3.33. The van der Waals surface area contributed by atoms with Crippen molar-refractivity contribution in [1.82, 2.24) is 5.32 Å². The van der Waals surface area contributed by atoms with Gasteiger partial charge in [-0.1, -0.05) is 56.4 Å². The first-order valence-electron chi connectivity index (χ1n) is 17.3. The molecule has 5 aliphatic rings. The van der Waals surface area contributed by atoms with Crippen LogP contribution in [0.15, 0.2) is 48.1 Å². The summed E-state index contributed by atoms with van der Waals surface area (Å²) in [6.45, 7) is 10.0. The van der Waals surface area contributed by atoms with Crippen LogP contribution in [0.25, 0.3) is 0 Å². The third-order valence-corrected chi connectivity index (χ3v) is 12.1. The molecule has 4 fully saturated rings. The van der Waals surface area contributed by atoms with E-state index in [0.717, 1.165) is 11.1 Å². The van der Waals surface area contributed by atoms with Gasteiger partial charge in [-0.3, -0.25) is 0 Å². The molecule has 0 bridgehead atoms. The van der Waals surface area contributed by atoms with Gasteiger partial charge in [-0.05, 0) is 73.6 Å². The van der Waals surface area contributed by atoms with E-state index in [4.69, 9.17) is 14.2 Å². The predicted molar refractivity (Wildman–Crippen MR) is 174 cm³/mol. The van der Waals surface area contributed by atoms with Gasteiger partial charge in [-0.2, -0.15) is 22.0 Å². The number of fused-ring (bicyclic) bond motifs is 4. The van der Waals surface area contributed by atoms with Crippen LogP contribution in [0, 0.1) is 34.5 Å². The lowest BCUT2D eigenvalue weighted by atomic mass is 9.49. The van der Waals surface area contributed by atoms with Crippen molar-refractivity contribution in [3.63, 3.8) is 0 Å². The van der Waals surface area contributed by atoms with Crippen molar-refractivity contribution in [3.05, 3.63) is 59.2 Å². The van der Waals surface area contributed by atoms with E-state index in [1.807, 2.05) is 13.8 Å². The van der Waals surface area contributed by atoms with Crippen LogP contribution in [0.3, 0.4) is 0 Å². The van der Waals surface area contributed by atoms with Gasteiger partial charge >= 0.3 is 18.2 Å². The zero-order chi connectivity index (χ0) is 36.4. The van der Waals surface area contributed by atoms with Gasteiger partial charge in [0.1, 0.15) is 5.60 Å². The Labute approximate surface area is 289 Å². The summed E-state index contributed by atoms with van der Waals surface area (Å²) in [5.74, 6) is -2.30. The third-order valence-electron chi connectivity index (χ3n) is 12.1. The highest BCUT2D eigenvalue weighted by atomic mass is 19.4. The number of alkyl carbamates (subject to hydrolysis) is 1. The number of amides is 1. The van der Waals surface area contributed by atoms with E-state index in [0.29, 0.717) is 43.6 Å². The molecule has 6 atom stereocenters. The topological polar surface area (TPSA) is 97.3 Å². The van der Waals surface area contributed by atoms with Gasteiger partial charge in [0.25, 0.3) is 0 Å². The number of alkyl halides is 5. The molecule has 1 aliphatic heterocycles. The molecule has 1 amide bonds. The van der Waals surface area contributed by atoms with Gasteiger partial charge in [-0.15, -0.1) is 6.58 Å². The Bertz CT molecular complexity index is 1580. The summed E-state index contributed by atoms with van der Waals surface area (Å²) in [6, 6.07) is 6.97. The monoisotopic (exact) mass is 707 g/mol. The fraction of sp³-hybridized carbons (Fsp3) is 0.658. The van der Waals surface area contributed by atoms with Crippen molar-refractivity contribution < 1.29 is 51.2 Å². The van der Waals surface area contributed by atoms with Gasteiger partial charge in [0.2, 0.25) is 0 Å². The summed E-state index contributed by atoms with van der Waals surface area (Å²) in [5, 5.41) is 26.4. The Morgan fingerprint density at radius 3 is 2.38 bits per heavy atom. The first-order valence-corrected chi connectivity index (χ1v) is 17.3. The second kappa shape index (κ2) is 12.6. The number of hydrogen-bond donors (Lipinski definition) is 3. The van der Waals surface area contributed by atoms with E-state index in [1.54, 1.807) is 24.3 Å². The number of allylic oxidation sites excluding steroid dienone is 1. The molecular weight excluding hydrogens is 661 g/mol. The maximum atomic E-state index is 15.4. The highest BCUT2D eigenvalue weighted by Gasteiger charge is 2.79. The zero-order valence-electron chi connectivity index (χ0n) is 28.7. The Balaban J connectivity index is 1.36. The number of aliphatic hydroxyl groups is 2. The van der Waals surface area contributed by atoms with Gasteiger partial charge in [0.15, 0.2) is 12.4 Å². The molecule has 274 valence electrons. The summed E-state index contributed by atoms with van der Waals surface area (Å²) in [6.07, 6.45) is -4.13. The molecule has 4 aliphatic carbocycles. The number of rotatable bonds is 5. The van der Waals surface area contributed by atoms with E-state index in [-0.39, 0.29) is 44.2 Å². The molecule has 0 aromatic heterocycles. The van der Waals surface area contributed by atoms with Crippen molar-refractivity contribution in [2.45, 2.75) is 107 Å². The molecule has 12 heteroatoms. The van der Waals surface area contributed by atoms with Crippen LogP contribution < -0.4 is 5.32 Å². The Morgan fingerprint density at radius 2 is 1.74 bits per heavy atom. The normalized spacial score (nSPS) is 34.5. The van der Waals surface area contributed by atoms with Crippen molar-refractivity contribution in [2.75, 3.05) is 26.4 Å². The molecule has 6 rings (SSSR count). The van der Waals surface area contributed by atoms with Crippen molar-refractivity contribution in [1.29, 1.82) is 0 Å². The fourth-order valence-electron chi connectivity index (χ4n) is 9.55.